The number of oxime groups is 1. The monoisotopic (exact) mass is 346 g/mol. The molecule has 2 aromatic rings. The SMILES string of the molecule is C#CCOc1cccc(CN2C[C@@H]3C(c4ccc(C)cc4)=NO[C@@H]3C2)c1. The number of nitrogens with zero attached hydrogens (tertiary/aromatic N) is 2. The van der Waals surface area contributed by atoms with E-state index >= 15 is 0 Å². The van der Waals surface area contributed by atoms with Crippen molar-refractivity contribution in [2.24, 2.45) is 11.1 Å². The standard InChI is InChI=1S/C22H22N2O2/c1-3-11-25-19-6-4-5-17(12-19)13-24-14-20-21(15-24)26-23-22(20)18-9-7-16(2)8-10-18/h1,4-10,12,20-21H,11,13-15H2,2H3/t20-,21+/m0/s1. The van der Waals surface area contributed by atoms with Crippen LogP contribution in [0.15, 0.2) is 53.7 Å². The Morgan fingerprint density at radius 3 is 2.88 bits per heavy atom. The first-order chi connectivity index (χ1) is 12.7. The van der Waals surface area contributed by atoms with Crippen molar-refractivity contribution in [1.29, 1.82) is 0 Å². The fourth-order valence-corrected chi connectivity index (χ4v) is 3.65. The molecule has 0 unspecified atom stereocenters. The van der Waals surface area contributed by atoms with Crippen molar-refractivity contribution in [3.8, 4) is 18.1 Å². The van der Waals surface area contributed by atoms with Crippen LogP contribution in [0.5, 0.6) is 5.75 Å². The maximum atomic E-state index is 5.72. The molecule has 0 aliphatic carbocycles. The highest BCUT2D eigenvalue weighted by Crippen LogP contribution is 2.31. The molecule has 4 nitrogen and oxygen atoms in total. The molecule has 2 heterocycles. The first kappa shape index (κ1) is 16.7. The number of hydrogen-bond donors (Lipinski definition) is 0. The van der Waals surface area contributed by atoms with Crippen LogP contribution in [0.25, 0.3) is 0 Å². The number of ether oxygens (including phenoxy) is 1. The number of rotatable bonds is 5. The third-order valence-electron chi connectivity index (χ3n) is 4.95. The molecule has 4 heteroatoms. The van der Waals surface area contributed by atoms with E-state index < -0.39 is 0 Å². The van der Waals surface area contributed by atoms with Gasteiger partial charge in [-0.15, -0.1) is 6.42 Å². The number of likely N-dealkylation sites (tertiary alicyclic amines) is 1. The molecule has 2 atom stereocenters. The highest BCUT2D eigenvalue weighted by atomic mass is 16.6. The van der Waals surface area contributed by atoms with Gasteiger partial charge in [-0.3, -0.25) is 4.90 Å². The Labute approximate surface area is 154 Å². The molecule has 1 saturated heterocycles. The quantitative estimate of drug-likeness (QED) is 0.780. The fourth-order valence-electron chi connectivity index (χ4n) is 3.65. The summed E-state index contributed by atoms with van der Waals surface area (Å²) in [7, 11) is 0. The van der Waals surface area contributed by atoms with Crippen LogP contribution in [0, 0.1) is 25.2 Å². The van der Waals surface area contributed by atoms with E-state index in [2.05, 4.69) is 59.3 Å². The molecule has 0 N–H and O–H groups in total. The second kappa shape index (κ2) is 7.23. The van der Waals surface area contributed by atoms with Gasteiger partial charge in [-0.1, -0.05) is 53.0 Å². The predicted molar refractivity (Wildman–Crippen MR) is 102 cm³/mol. The van der Waals surface area contributed by atoms with Crippen molar-refractivity contribution in [3.63, 3.8) is 0 Å². The van der Waals surface area contributed by atoms with Crippen LogP contribution in [0.2, 0.25) is 0 Å². The van der Waals surface area contributed by atoms with Gasteiger partial charge in [0.25, 0.3) is 0 Å². The summed E-state index contributed by atoms with van der Waals surface area (Å²) >= 11 is 0. The second-order valence-electron chi connectivity index (χ2n) is 6.93. The minimum Gasteiger partial charge on any atom is -0.481 e. The van der Waals surface area contributed by atoms with Crippen molar-refractivity contribution < 1.29 is 9.57 Å². The molecular weight excluding hydrogens is 324 g/mol. The number of terminal acetylenes is 1. The van der Waals surface area contributed by atoms with Gasteiger partial charge >= 0.3 is 0 Å². The summed E-state index contributed by atoms with van der Waals surface area (Å²) in [6, 6.07) is 16.6. The third kappa shape index (κ3) is 3.44. The Bertz CT molecular complexity index is 851. The van der Waals surface area contributed by atoms with E-state index in [-0.39, 0.29) is 6.10 Å². The lowest BCUT2D eigenvalue weighted by atomic mass is 9.94. The minimum atomic E-state index is 0.146. The number of aryl methyl sites for hydroxylation is 1. The molecule has 132 valence electrons. The van der Waals surface area contributed by atoms with Crippen LogP contribution in [0.4, 0.5) is 0 Å². The lowest BCUT2D eigenvalue weighted by Gasteiger charge is -2.17. The molecule has 26 heavy (non-hydrogen) atoms. The summed E-state index contributed by atoms with van der Waals surface area (Å²) in [4.78, 5) is 8.13. The van der Waals surface area contributed by atoms with Gasteiger partial charge in [-0.2, -0.15) is 0 Å². The lowest BCUT2D eigenvalue weighted by molar-refractivity contribution is 0.0745. The highest BCUT2D eigenvalue weighted by molar-refractivity contribution is 6.03. The van der Waals surface area contributed by atoms with Gasteiger partial charge in [0, 0.05) is 19.6 Å². The molecule has 2 aliphatic heterocycles. The Morgan fingerprint density at radius 1 is 1.23 bits per heavy atom. The topological polar surface area (TPSA) is 34.1 Å². The van der Waals surface area contributed by atoms with E-state index in [9.17, 15) is 0 Å². The summed E-state index contributed by atoms with van der Waals surface area (Å²) < 4.78 is 5.52. The second-order valence-corrected chi connectivity index (χ2v) is 6.93. The molecular formula is C22H22N2O2. The summed E-state index contributed by atoms with van der Waals surface area (Å²) in [6.45, 7) is 5.09. The van der Waals surface area contributed by atoms with Crippen molar-refractivity contribution in [3.05, 3.63) is 65.2 Å². The summed E-state index contributed by atoms with van der Waals surface area (Å²) in [6.07, 6.45) is 5.41. The van der Waals surface area contributed by atoms with Crippen molar-refractivity contribution in [2.45, 2.75) is 19.6 Å². The van der Waals surface area contributed by atoms with Crippen LogP contribution < -0.4 is 4.74 Å². The molecule has 1 fully saturated rings. The normalized spacial score (nSPS) is 21.6. The zero-order valence-corrected chi connectivity index (χ0v) is 14.9. The zero-order valence-electron chi connectivity index (χ0n) is 14.9. The van der Waals surface area contributed by atoms with Crippen molar-refractivity contribution in [2.75, 3.05) is 19.7 Å². The largest absolute Gasteiger partial charge is 0.481 e. The number of fused-ring (bicyclic) bond motifs is 1. The predicted octanol–water partition coefficient (Wildman–Crippen LogP) is 3.24. The smallest absolute Gasteiger partial charge is 0.149 e. The van der Waals surface area contributed by atoms with E-state index in [0.717, 1.165) is 36.7 Å². The Hall–Kier alpha value is -2.77. The Kier molecular flexibility index (Phi) is 4.64. The van der Waals surface area contributed by atoms with Gasteiger partial charge < -0.3 is 9.57 Å². The van der Waals surface area contributed by atoms with E-state index in [4.69, 9.17) is 16.0 Å². The average molecular weight is 346 g/mol. The molecule has 4 rings (SSSR count). The van der Waals surface area contributed by atoms with Crippen LogP contribution in [0.1, 0.15) is 16.7 Å². The average Bonchev–Trinajstić information content (AvgIpc) is 3.21. The van der Waals surface area contributed by atoms with E-state index in [0.29, 0.717) is 12.5 Å². The summed E-state index contributed by atoms with van der Waals surface area (Å²) in [5, 5.41) is 4.36. The van der Waals surface area contributed by atoms with Crippen LogP contribution in [0.3, 0.4) is 0 Å². The van der Waals surface area contributed by atoms with Gasteiger partial charge in [0.05, 0.1) is 11.6 Å². The van der Waals surface area contributed by atoms with E-state index in [1.54, 1.807) is 0 Å². The van der Waals surface area contributed by atoms with E-state index in [1.165, 1.54) is 11.1 Å². The lowest BCUT2D eigenvalue weighted by Crippen LogP contribution is -2.23. The first-order valence-electron chi connectivity index (χ1n) is 8.91. The number of benzene rings is 2. The molecule has 0 saturated carbocycles. The summed E-state index contributed by atoms with van der Waals surface area (Å²) in [5.74, 6) is 3.65. The molecule has 0 amide bonds. The maximum Gasteiger partial charge on any atom is 0.149 e. The third-order valence-corrected chi connectivity index (χ3v) is 4.95. The van der Waals surface area contributed by atoms with Gasteiger partial charge in [-0.25, -0.2) is 0 Å². The van der Waals surface area contributed by atoms with Crippen LogP contribution >= 0.6 is 0 Å². The van der Waals surface area contributed by atoms with Crippen LogP contribution in [-0.2, 0) is 11.4 Å². The zero-order chi connectivity index (χ0) is 17.9. The van der Waals surface area contributed by atoms with Gasteiger partial charge in [0.2, 0.25) is 0 Å². The highest BCUT2D eigenvalue weighted by Gasteiger charge is 2.42. The van der Waals surface area contributed by atoms with Crippen LogP contribution in [-0.4, -0.2) is 36.4 Å². The van der Waals surface area contributed by atoms with Gasteiger partial charge in [-0.05, 0) is 30.2 Å². The molecule has 0 radical (unpaired) electrons. The molecule has 2 aliphatic rings. The maximum absolute atomic E-state index is 5.72. The summed E-state index contributed by atoms with van der Waals surface area (Å²) in [5.41, 5.74) is 4.70. The Morgan fingerprint density at radius 2 is 2.08 bits per heavy atom. The molecule has 2 aromatic carbocycles. The van der Waals surface area contributed by atoms with Gasteiger partial charge in [0.15, 0.2) is 0 Å². The minimum absolute atomic E-state index is 0.146. The van der Waals surface area contributed by atoms with Crippen molar-refractivity contribution >= 4 is 5.71 Å². The number of hydrogen-bond acceptors (Lipinski definition) is 4. The van der Waals surface area contributed by atoms with Crippen molar-refractivity contribution in [1.82, 2.24) is 4.90 Å². The van der Waals surface area contributed by atoms with E-state index in [1.807, 2.05) is 12.1 Å². The van der Waals surface area contributed by atoms with Gasteiger partial charge in [0.1, 0.15) is 18.5 Å². The first-order valence-corrected chi connectivity index (χ1v) is 8.91. The molecule has 0 aromatic heterocycles. The molecule has 0 bridgehead atoms. The Balaban J connectivity index is 1.42. The molecule has 0 spiro atoms. The fraction of sp³-hybridized carbons (Fsp3) is 0.318.